The van der Waals surface area contributed by atoms with Gasteiger partial charge in [-0.15, -0.1) is 0 Å². The summed E-state index contributed by atoms with van der Waals surface area (Å²) in [7, 11) is 2.09. The molecule has 31 heavy (non-hydrogen) atoms. The van der Waals surface area contributed by atoms with Gasteiger partial charge >= 0.3 is 0 Å². The van der Waals surface area contributed by atoms with Crippen LogP contribution in [0.4, 0.5) is 0 Å². The number of nitrogens with zero attached hydrogens (tertiary/aromatic N) is 2. The summed E-state index contributed by atoms with van der Waals surface area (Å²) >= 11 is 0. The van der Waals surface area contributed by atoms with Crippen LogP contribution < -0.4 is 5.44 Å². The fourth-order valence-electron chi connectivity index (χ4n) is 6.12. The minimum absolute atomic E-state index is 0.224. The smallest absolute Gasteiger partial charge is 0.219 e. The second kappa shape index (κ2) is 9.26. The number of ether oxygens (including phenoxy) is 1. The predicted molar refractivity (Wildman–Crippen MR) is 134 cm³/mol. The fraction of sp³-hybridized carbons (Fsp3) is 0.667. The Hall–Kier alpha value is -1.34. The molecule has 1 atom stereocenters. The third-order valence-electron chi connectivity index (χ3n) is 7.91. The summed E-state index contributed by atoms with van der Waals surface area (Å²) in [5.41, 5.74) is 6.04. The van der Waals surface area contributed by atoms with Crippen LogP contribution in [0, 0.1) is 5.92 Å². The second-order valence-corrected chi connectivity index (χ2v) is 13.0. The van der Waals surface area contributed by atoms with Gasteiger partial charge in [0, 0.05) is 18.0 Å². The summed E-state index contributed by atoms with van der Waals surface area (Å²) < 4.78 is 8.90. The number of aromatic nitrogens is 1. The first kappa shape index (κ1) is 21.5. The van der Waals surface area contributed by atoms with Crippen molar-refractivity contribution >= 4 is 30.2 Å². The number of aryl methyl sites for hydroxylation is 1. The van der Waals surface area contributed by atoms with E-state index in [1.54, 1.807) is 5.44 Å². The molecule has 3 aliphatic rings. The zero-order valence-electron chi connectivity index (χ0n) is 19.6. The molecule has 1 aliphatic heterocycles. The van der Waals surface area contributed by atoms with Crippen molar-refractivity contribution in [2.75, 3.05) is 6.61 Å². The van der Waals surface area contributed by atoms with Crippen molar-refractivity contribution in [3.8, 4) is 0 Å². The minimum Gasteiger partial charge on any atom is -0.475 e. The Bertz CT molecular complexity index is 916. The molecule has 168 valence electrons. The van der Waals surface area contributed by atoms with Gasteiger partial charge in [-0.1, -0.05) is 70.6 Å². The molecule has 2 aromatic rings. The van der Waals surface area contributed by atoms with Crippen LogP contribution in [0.3, 0.4) is 0 Å². The van der Waals surface area contributed by atoms with Gasteiger partial charge < -0.3 is 9.30 Å². The van der Waals surface area contributed by atoms with E-state index in [-0.39, 0.29) is 14.0 Å². The molecule has 3 nitrogen and oxygen atoms in total. The number of hydrogen-bond acceptors (Lipinski definition) is 2. The minimum atomic E-state index is -0.224. The third-order valence-corrected chi connectivity index (χ3v) is 11.5. The molecule has 2 heterocycles. The van der Waals surface area contributed by atoms with E-state index in [1.807, 2.05) is 0 Å². The lowest BCUT2D eigenvalue weighted by atomic mass is 9.99. The largest absolute Gasteiger partial charge is 0.475 e. The lowest BCUT2D eigenvalue weighted by Gasteiger charge is -2.39. The zero-order chi connectivity index (χ0) is 21.4. The molecule has 0 spiro atoms. The molecule has 0 radical (unpaired) electrons. The quantitative estimate of drug-likeness (QED) is 0.474. The molecule has 4 heteroatoms. The molecule has 0 amide bonds. The fourth-order valence-corrected chi connectivity index (χ4v) is 10.2. The summed E-state index contributed by atoms with van der Waals surface area (Å²) in [4.78, 5) is 5.15. The van der Waals surface area contributed by atoms with Crippen molar-refractivity contribution in [1.29, 1.82) is 0 Å². The number of para-hydroxylation sites is 1. The van der Waals surface area contributed by atoms with E-state index in [0.29, 0.717) is 5.92 Å². The molecule has 0 unspecified atom stereocenters. The highest BCUT2D eigenvalue weighted by atomic mass is 31.1. The summed E-state index contributed by atoms with van der Waals surface area (Å²) in [6, 6.07) is 9.27. The van der Waals surface area contributed by atoms with E-state index in [1.165, 1.54) is 80.7 Å². The van der Waals surface area contributed by atoms with E-state index in [0.717, 1.165) is 23.8 Å². The number of fused-ring (bicyclic) bond motifs is 1. The van der Waals surface area contributed by atoms with Crippen LogP contribution >= 0.6 is 7.92 Å². The van der Waals surface area contributed by atoms with Crippen molar-refractivity contribution in [3.63, 3.8) is 0 Å². The lowest BCUT2D eigenvalue weighted by molar-refractivity contribution is 0.292. The highest BCUT2D eigenvalue weighted by Gasteiger charge is 2.38. The molecule has 1 aromatic heterocycles. The highest BCUT2D eigenvalue weighted by molar-refractivity contribution is 7.67. The molecule has 0 bridgehead atoms. The Morgan fingerprint density at radius 1 is 0.935 bits per heavy atom. The summed E-state index contributed by atoms with van der Waals surface area (Å²) in [6.45, 7) is 5.27. The first-order chi connectivity index (χ1) is 15.1. The summed E-state index contributed by atoms with van der Waals surface area (Å²) in [6.07, 6.45) is 14.2. The van der Waals surface area contributed by atoms with Crippen LogP contribution in [0.25, 0.3) is 10.9 Å². The third kappa shape index (κ3) is 4.08. The predicted octanol–water partition coefficient (Wildman–Crippen LogP) is 6.75. The SMILES string of the molecule is CC(C)[C@H]1COC(c2c(P(C3CCCCC3)C3CCCCC3)n(C)c3ccccc23)=N1. The molecule has 0 N–H and O–H groups in total. The monoisotopic (exact) mass is 438 g/mol. The Morgan fingerprint density at radius 3 is 2.13 bits per heavy atom. The standard InChI is InChI=1S/C27H39N2OP/c1-19(2)23-18-30-26(28-23)25-22-16-10-11-17-24(22)29(3)27(25)31(20-12-6-4-7-13-20)21-14-8-5-9-15-21/h10-11,16-17,19-21,23H,4-9,12-15,18H2,1-3H3/t23-/m1/s1. The van der Waals surface area contributed by atoms with Gasteiger partial charge in [-0.05, 0) is 56.9 Å². The molecule has 2 saturated carbocycles. The van der Waals surface area contributed by atoms with Gasteiger partial charge in [-0.25, -0.2) is 4.99 Å². The Kier molecular flexibility index (Phi) is 6.42. The molecule has 0 saturated heterocycles. The average molecular weight is 439 g/mol. The van der Waals surface area contributed by atoms with Gasteiger partial charge in [0.15, 0.2) is 0 Å². The normalized spacial score (nSPS) is 23.6. The summed E-state index contributed by atoms with van der Waals surface area (Å²) in [5, 5.41) is 1.35. The maximum atomic E-state index is 6.35. The van der Waals surface area contributed by atoms with E-state index >= 15 is 0 Å². The molecular formula is C27H39N2OP. The van der Waals surface area contributed by atoms with Crippen molar-refractivity contribution in [2.45, 2.75) is 95.4 Å². The topological polar surface area (TPSA) is 26.5 Å². The van der Waals surface area contributed by atoms with Crippen LogP contribution in [0.2, 0.25) is 0 Å². The number of aliphatic imine (C=N–C) groups is 1. The molecule has 5 rings (SSSR count). The number of hydrogen-bond donors (Lipinski definition) is 0. The Balaban J connectivity index is 1.67. The second-order valence-electron chi connectivity index (χ2n) is 10.3. The van der Waals surface area contributed by atoms with Crippen LogP contribution in [0.1, 0.15) is 83.6 Å². The lowest BCUT2D eigenvalue weighted by Crippen LogP contribution is -2.31. The molecule has 2 fully saturated rings. The van der Waals surface area contributed by atoms with Crippen molar-refractivity contribution in [2.24, 2.45) is 18.0 Å². The average Bonchev–Trinajstić information content (AvgIpc) is 3.40. The highest BCUT2D eigenvalue weighted by Crippen LogP contribution is 2.56. The Labute approximate surface area is 189 Å². The van der Waals surface area contributed by atoms with Gasteiger partial charge in [0.05, 0.1) is 17.0 Å². The van der Waals surface area contributed by atoms with Gasteiger partial charge in [0.2, 0.25) is 5.90 Å². The summed E-state index contributed by atoms with van der Waals surface area (Å²) in [5.74, 6) is 1.46. The van der Waals surface area contributed by atoms with Crippen LogP contribution in [0.15, 0.2) is 29.3 Å². The Morgan fingerprint density at radius 2 is 1.55 bits per heavy atom. The van der Waals surface area contributed by atoms with Crippen LogP contribution in [-0.2, 0) is 11.8 Å². The van der Waals surface area contributed by atoms with Crippen molar-refractivity contribution in [3.05, 3.63) is 29.8 Å². The van der Waals surface area contributed by atoms with Crippen LogP contribution in [-0.4, -0.2) is 34.4 Å². The number of rotatable bonds is 5. The van der Waals surface area contributed by atoms with E-state index < -0.39 is 0 Å². The van der Waals surface area contributed by atoms with Crippen molar-refractivity contribution in [1.82, 2.24) is 4.57 Å². The number of benzene rings is 1. The van der Waals surface area contributed by atoms with Crippen molar-refractivity contribution < 1.29 is 4.74 Å². The molecule has 1 aromatic carbocycles. The van der Waals surface area contributed by atoms with Gasteiger partial charge in [-0.2, -0.15) is 0 Å². The first-order valence-corrected chi connectivity index (χ1v) is 14.2. The first-order valence-electron chi connectivity index (χ1n) is 12.7. The van der Waals surface area contributed by atoms with E-state index in [9.17, 15) is 0 Å². The molecular weight excluding hydrogens is 399 g/mol. The zero-order valence-corrected chi connectivity index (χ0v) is 20.5. The van der Waals surface area contributed by atoms with Gasteiger partial charge in [0.25, 0.3) is 0 Å². The van der Waals surface area contributed by atoms with Crippen LogP contribution in [0.5, 0.6) is 0 Å². The van der Waals surface area contributed by atoms with Gasteiger partial charge in [-0.3, -0.25) is 0 Å². The maximum absolute atomic E-state index is 6.35. The maximum Gasteiger partial charge on any atom is 0.219 e. The molecule has 2 aliphatic carbocycles. The van der Waals surface area contributed by atoms with Gasteiger partial charge in [0.1, 0.15) is 6.61 Å². The van der Waals surface area contributed by atoms with E-state index in [2.05, 4.69) is 49.7 Å². The van der Waals surface area contributed by atoms with E-state index in [4.69, 9.17) is 9.73 Å².